The molecule has 1 heterocycles. The van der Waals surface area contributed by atoms with E-state index < -0.39 is 0 Å². The average molecular weight is 154 g/mol. The van der Waals surface area contributed by atoms with Gasteiger partial charge in [0, 0.05) is 0 Å². The van der Waals surface area contributed by atoms with Gasteiger partial charge >= 0.3 is 0 Å². The number of aryl methyl sites for hydroxylation is 1. The van der Waals surface area contributed by atoms with E-state index in [2.05, 4.69) is 23.9 Å². The largest absolute Gasteiger partial charge is 0.366 e. The number of nitrogens with two attached hydrogens (primary N) is 1. The minimum atomic E-state index is 0.364. The minimum Gasteiger partial charge on any atom is -0.366 e. The minimum absolute atomic E-state index is 0.364. The van der Waals surface area contributed by atoms with Crippen LogP contribution in [0.15, 0.2) is 0 Å². The van der Waals surface area contributed by atoms with Crippen LogP contribution in [-0.2, 0) is 0 Å². The second-order valence-electron chi connectivity index (χ2n) is 2.72. The van der Waals surface area contributed by atoms with Crippen LogP contribution in [0, 0.1) is 6.92 Å². The number of nitrogens with zero attached hydrogens (tertiary/aromatic N) is 3. The Morgan fingerprint density at radius 2 is 2.27 bits per heavy atom. The summed E-state index contributed by atoms with van der Waals surface area (Å²) >= 11 is 0. The molecule has 0 fully saturated rings. The zero-order valence-electron chi connectivity index (χ0n) is 7.20. The van der Waals surface area contributed by atoms with Crippen LogP contribution in [0.4, 0.5) is 5.95 Å². The van der Waals surface area contributed by atoms with Crippen molar-refractivity contribution >= 4 is 5.95 Å². The van der Waals surface area contributed by atoms with Crippen LogP contribution >= 0.6 is 0 Å². The van der Waals surface area contributed by atoms with Gasteiger partial charge in [0.1, 0.15) is 5.82 Å². The summed E-state index contributed by atoms with van der Waals surface area (Å²) in [6, 6.07) is 0.389. The Morgan fingerprint density at radius 3 is 2.64 bits per heavy atom. The second kappa shape index (κ2) is 2.90. The van der Waals surface area contributed by atoms with Gasteiger partial charge in [-0.2, -0.15) is 4.98 Å². The summed E-state index contributed by atoms with van der Waals surface area (Å²) in [5.41, 5.74) is 5.43. The maximum atomic E-state index is 5.43. The Labute approximate surface area is 66.4 Å². The lowest BCUT2D eigenvalue weighted by atomic mass is 10.3. The van der Waals surface area contributed by atoms with Crippen molar-refractivity contribution in [1.29, 1.82) is 0 Å². The Hall–Kier alpha value is -1.06. The first-order valence-electron chi connectivity index (χ1n) is 3.83. The number of aromatic nitrogens is 3. The van der Waals surface area contributed by atoms with Gasteiger partial charge in [0.25, 0.3) is 0 Å². The zero-order chi connectivity index (χ0) is 8.43. The van der Waals surface area contributed by atoms with E-state index in [1.54, 1.807) is 0 Å². The molecule has 1 unspecified atom stereocenters. The van der Waals surface area contributed by atoms with Crippen LogP contribution in [0.25, 0.3) is 0 Å². The van der Waals surface area contributed by atoms with Gasteiger partial charge in [-0.05, 0) is 20.3 Å². The standard InChI is InChI=1S/C7H14N4/c1-4-5(2)11-6(3)9-7(8)10-11/h5H,4H2,1-3H3,(H2,8,10). The summed E-state index contributed by atoms with van der Waals surface area (Å²) in [4.78, 5) is 4.01. The molecule has 0 aliphatic carbocycles. The van der Waals surface area contributed by atoms with Gasteiger partial charge in [-0.1, -0.05) is 6.92 Å². The monoisotopic (exact) mass is 154 g/mol. The van der Waals surface area contributed by atoms with Crippen molar-refractivity contribution < 1.29 is 0 Å². The summed E-state index contributed by atoms with van der Waals surface area (Å²) in [5, 5.41) is 4.06. The molecule has 11 heavy (non-hydrogen) atoms. The fraction of sp³-hybridized carbons (Fsp3) is 0.714. The lowest BCUT2D eigenvalue weighted by Crippen LogP contribution is -2.07. The maximum absolute atomic E-state index is 5.43. The first kappa shape index (κ1) is 8.04. The molecule has 4 nitrogen and oxygen atoms in total. The molecule has 2 N–H and O–H groups in total. The quantitative estimate of drug-likeness (QED) is 0.695. The molecule has 4 heteroatoms. The number of rotatable bonds is 2. The first-order chi connectivity index (χ1) is 5.15. The predicted octanol–water partition coefficient (Wildman–Crippen LogP) is 1.14. The molecule has 0 spiro atoms. The SMILES string of the molecule is CCC(C)n1nc(N)nc1C. The average Bonchev–Trinajstić information content (AvgIpc) is 2.28. The highest BCUT2D eigenvalue weighted by atomic mass is 15.4. The topological polar surface area (TPSA) is 56.7 Å². The highest BCUT2D eigenvalue weighted by molar-refractivity contribution is 5.13. The molecule has 0 aromatic carbocycles. The normalized spacial score (nSPS) is 13.4. The molecule has 0 saturated heterocycles. The van der Waals surface area contributed by atoms with E-state index in [1.807, 2.05) is 11.6 Å². The van der Waals surface area contributed by atoms with Crippen molar-refractivity contribution in [2.24, 2.45) is 0 Å². The van der Waals surface area contributed by atoms with Crippen molar-refractivity contribution in [1.82, 2.24) is 14.8 Å². The molecular formula is C7H14N4. The summed E-state index contributed by atoms with van der Waals surface area (Å²) < 4.78 is 1.86. The van der Waals surface area contributed by atoms with Gasteiger partial charge in [-0.15, -0.1) is 5.10 Å². The molecule has 0 aliphatic heterocycles. The molecule has 1 rings (SSSR count). The lowest BCUT2D eigenvalue weighted by Gasteiger charge is -2.08. The zero-order valence-corrected chi connectivity index (χ0v) is 7.20. The third kappa shape index (κ3) is 1.50. The summed E-state index contributed by atoms with van der Waals surface area (Å²) in [6.45, 7) is 6.12. The molecule has 1 atom stereocenters. The molecule has 0 radical (unpaired) electrons. The van der Waals surface area contributed by atoms with Crippen LogP contribution in [0.3, 0.4) is 0 Å². The number of nitrogen functional groups attached to an aromatic ring is 1. The maximum Gasteiger partial charge on any atom is 0.239 e. The number of hydrogen-bond donors (Lipinski definition) is 1. The van der Waals surface area contributed by atoms with Crippen molar-refractivity contribution in [3.05, 3.63) is 5.82 Å². The van der Waals surface area contributed by atoms with Gasteiger partial charge in [0.15, 0.2) is 0 Å². The molecule has 62 valence electrons. The fourth-order valence-corrected chi connectivity index (χ4v) is 1.01. The van der Waals surface area contributed by atoms with Crippen molar-refractivity contribution in [2.45, 2.75) is 33.2 Å². The van der Waals surface area contributed by atoms with Crippen LogP contribution in [0.2, 0.25) is 0 Å². The summed E-state index contributed by atoms with van der Waals surface area (Å²) in [5.74, 6) is 1.25. The van der Waals surface area contributed by atoms with Crippen LogP contribution in [0.5, 0.6) is 0 Å². The van der Waals surface area contributed by atoms with E-state index in [4.69, 9.17) is 5.73 Å². The van der Waals surface area contributed by atoms with E-state index in [1.165, 1.54) is 0 Å². The van der Waals surface area contributed by atoms with E-state index in [0.717, 1.165) is 12.2 Å². The third-order valence-electron chi connectivity index (χ3n) is 1.83. The van der Waals surface area contributed by atoms with Gasteiger partial charge < -0.3 is 5.73 Å². The predicted molar refractivity (Wildman–Crippen MR) is 44.2 cm³/mol. The smallest absolute Gasteiger partial charge is 0.239 e. The fourth-order valence-electron chi connectivity index (χ4n) is 1.01. The van der Waals surface area contributed by atoms with Crippen molar-refractivity contribution in [3.8, 4) is 0 Å². The second-order valence-corrected chi connectivity index (χ2v) is 2.72. The number of anilines is 1. The van der Waals surface area contributed by atoms with E-state index >= 15 is 0 Å². The molecular weight excluding hydrogens is 140 g/mol. The van der Waals surface area contributed by atoms with Crippen molar-refractivity contribution in [3.63, 3.8) is 0 Å². The lowest BCUT2D eigenvalue weighted by molar-refractivity contribution is 0.466. The van der Waals surface area contributed by atoms with Gasteiger partial charge in [0.2, 0.25) is 5.95 Å². The van der Waals surface area contributed by atoms with Crippen LogP contribution in [-0.4, -0.2) is 14.8 Å². The third-order valence-corrected chi connectivity index (χ3v) is 1.83. The highest BCUT2D eigenvalue weighted by Gasteiger charge is 2.07. The summed E-state index contributed by atoms with van der Waals surface area (Å²) in [6.07, 6.45) is 1.05. The number of hydrogen-bond acceptors (Lipinski definition) is 3. The van der Waals surface area contributed by atoms with Crippen LogP contribution in [0.1, 0.15) is 32.1 Å². The Kier molecular flexibility index (Phi) is 2.12. The van der Waals surface area contributed by atoms with Crippen LogP contribution < -0.4 is 5.73 Å². The molecule has 0 amide bonds. The summed E-state index contributed by atoms with van der Waals surface area (Å²) in [7, 11) is 0. The van der Waals surface area contributed by atoms with E-state index in [-0.39, 0.29) is 0 Å². The van der Waals surface area contributed by atoms with E-state index in [0.29, 0.717) is 12.0 Å². The van der Waals surface area contributed by atoms with Gasteiger partial charge in [-0.3, -0.25) is 0 Å². The molecule has 1 aromatic rings. The Balaban J connectivity index is 2.93. The Morgan fingerprint density at radius 1 is 1.64 bits per heavy atom. The first-order valence-corrected chi connectivity index (χ1v) is 3.83. The molecule has 0 bridgehead atoms. The molecule has 1 aromatic heterocycles. The van der Waals surface area contributed by atoms with Crippen molar-refractivity contribution in [2.75, 3.05) is 5.73 Å². The molecule has 0 saturated carbocycles. The Bertz CT molecular complexity index is 241. The van der Waals surface area contributed by atoms with E-state index in [9.17, 15) is 0 Å². The van der Waals surface area contributed by atoms with Gasteiger partial charge in [0.05, 0.1) is 6.04 Å². The highest BCUT2D eigenvalue weighted by Crippen LogP contribution is 2.11. The molecule has 0 aliphatic rings. The van der Waals surface area contributed by atoms with Gasteiger partial charge in [-0.25, -0.2) is 4.68 Å².